The Bertz CT molecular complexity index is 1710. The van der Waals surface area contributed by atoms with Crippen LogP contribution in [0.3, 0.4) is 0 Å². The first-order chi connectivity index (χ1) is 18.9. The van der Waals surface area contributed by atoms with E-state index in [0.29, 0.717) is 27.9 Å². The number of nitrogen functional groups attached to an aromatic ring is 1. The van der Waals surface area contributed by atoms with Crippen LogP contribution in [0.15, 0.2) is 41.3 Å². The van der Waals surface area contributed by atoms with Crippen LogP contribution >= 0.6 is 15.9 Å². The number of nitrogens with two attached hydrogens (primary N) is 1. The summed E-state index contributed by atoms with van der Waals surface area (Å²) in [6.45, 7) is 3.40. The molecule has 1 aliphatic heterocycles. The number of hydrogen-bond acceptors (Lipinski definition) is 6. The minimum absolute atomic E-state index is 0.0199. The van der Waals surface area contributed by atoms with Gasteiger partial charge >= 0.3 is 6.18 Å². The molecular formula is C27H25BrF3N7O2. The number of nitrogens with zero attached hydrogens (tertiary/aromatic N) is 5. The van der Waals surface area contributed by atoms with Gasteiger partial charge in [-0.2, -0.15) is 13.2 Å². The number of benzene rings is 1. The number of hydrogen-bond donors (Lipinski definition) is 2. The summed E-state index contributed by atoms with van der Waals surface area (Å²) < 4.78 is 43.1. The molecule has 4 aromatic rings. The molecule has 208 valence electrons. The monoisotopic (exact) mass is 615 g/mol. The molecule has 3 N–H and O–H groups in total. The summed E-state index contributed by atoms with van der Waals surface area (Å²) in [6.07, 6.45) is -1.20. The molecule has 3 atom stereocenters. The lowest BCUT2D eigenvalue weighted by molar-refractivity contribution is -0.141. The van der Waals surface area contributed by atoms with Gasteiger partial charge in [0.2, 0.25) is 11.8 Å². The van der Waals surface area contributed by atoms with Gasteiger partial charge < -0.3 is 20.5 Å². The first-order valence-corrected chi connectivity index (χ1v) is 13.5. The van der Waals surface area contributed by atoms with Crippen molar-refractivity contribution in [2.75, 3.05) is 11.1 Å². The number of rotatable bonds is 4. The topological polar surface area (TPSA) is 119 Å². The number of fused-ring (bicyclic) bond motifs is 4. The first kappa shape index (κ1) is 26.5. The fraction of sp³-hybridized carbons (Fsp3) is 0.370. The Morgan fingerprint density at radius 2 is 2.02 bits per heavy atom. The molecular weight excluding hydrogens is 591 g/mol. The highest BCUT2D eigenvalue weighted by atomic mass is 79.9. The second-order valence-electron chi connectivity index (χ2n) is 10.8. The third-order valence-electron chi connectivity index (χ3n) is 8.25. The fourth-order valence-corrected chi connectivity index (χ4v) is 6.66. The van der Waals surface area contributed by atoms with Gasteiger partial charge in [-0.1, -0.05) is 13.0 Å². The van der Waals surface area contributed by atoms with Crippen molar-refractivity contribution >= 4 is 61.3 Å². The van der Waals surface area contributed by atoms with Crippen LogP contribution < -0.4 is 11.1 Å². The molecule has 9 nitrogen and oxygen atoms in total. The Hall–Kier alpha value is -3.74. The number of carbonyl (C=O) groups excluding carboxylic acids is 2. The van der Waals surface area contributed by atoms with Crippen LogP contribution in [-0.2, 0) is 22.3 Å². The molecule has 3 aromatic heterocycles. The predicted octanol–water partition coefficient (Wildman–Crippen LogP) is 5.06. The molecule has 13 heteroatoms. The van der Waals surface area contributed by atoms with E-state index in [4.69, 9.17) is 5.73 Å². The third-order valence-corrected chi connectivity index (χ3v) is 8.70. The van der Waals surface area contributed by atoms with Gasteiger partial charge in [0.05, 0.1) is 16.5 Å². The van der Waals surface area contributed by atoms with Crippen LogP contribution in [0.5, 0.6) is 0 Å². The zero-order valence-electron chi connectivity index (χ0n) is 21.6. The normalized spacial score (nSPS) is 22.4. The highest BCUT2D eigenvalue weighted by Gasteiger charge is 2.58. The Balaban J connectivity index is 1.40. The average Bonchev–Trinajstić information content (AvgIpc) is 3.29. The van der Waals surface area contributed by atoms with E-state index < -0.39 is 17.8 Å². The van der Waals surface area contributed by atoms with Gasteiger partial charge in [-0.15, -0.1) is 0 Å². The lowest BCUT2D eigenvalue weighted by atomic mass is 9.66. The van der Waals surface area contributed by atoms with Crippen LogP contribution in [0.4, 0.5) is 24.8 Å². The number of amides is 2. The van der Waals surface area contributed by atoms with Gasteiger partial charge in [-0.05, 0) is 77.4 Å². The molecule has 6 rings (SSSR count). The van der Waals surface area contributed by atoms with Gasteiger partial charge in [0.15, 0.2) is 0 Å². The van der Waals surface area contributed by atoms with Gasteiger partial charge in [-0.3, -0.25) is 9.59 Å². The quantitative estimate of drug-likeness (QED) is 0.310. The highest BCUT2D eigenvalue weighted by molar-refractivity contribution is 9.10. The van der Waals surface area contributed by atoms with Crippen molar-refractivity contribution in [1.29, 1.82) is 0 Å². The zero-order valence-corrected chi connectivity index (χ0v) is 23.2. The number of aromatic nitrogens is 4. The van der Waals surface area contributed by atoms with Gasteiger partial charge in [0.25, 0.3) is 0 Å². The summed E-state index contributed by atoms with van der Waals surface area (Å²) in [7, 11) is 0. The molecule has 2 fully saturated rings. The van der Waals surface area contributed by atoms with E-state index in [1.165, 1.54) is 6.33 Å². The van der Waals surface area contributed by atoms with Crippen molar-refractivity contribution < 1.29 is 22.8 Å². The summed E-state index contributed by atoms with van der Waals surface area (Å²) in [5, 5.41) is 3.30. The number of alkyl halides is 3. The molecule has 1 aliphatic carbocycles. The number of nitrogens with one attached hydrogen (secondary N) is 1. The van der Waals surface area contributed by atoms with E-state index in [0.717, 1.165) is 25.0 Å². The minimum Gasteiger partial charge on any atom is -0.383 e. The van der Waals surface area contributed by atoms with Crippen LogP contribution in [0.25, 0.3) is 21.9 Å². The fourth-order valence-electron chi connectivity index (χ4n) is 6.31. The van der Waals surface area contributed by atoms with Crippen LogP contribution in [-0.4, -0.2) is 48.3 Å². The van der Waals surface area contributed by atoms with Crippen molar-refractivity contribution in [2.24, 2.45) is 5.41 Å². The molecule has 0 unspecified atom stereocenters. The van der Waals surface area contributed by atoms with E-state index in [1.807, 2.05) is 0 Å². The second kappa shape index (κ2) is 9.15. The molecule has 4 heterocycles. The Labute approximate surface area is 235 Å². The summed E-state index contributed by atoms with van der Waals surface area (Å²) in [5.41, 5.74) is 6.07. The smallest absolute Gasteiger partial charge is 0.383 e. The third kappa shape index (κ3) is 4.18. The maximum absolute atomic E-state index is 14.0. The summed E-state index contributed by atoms with van der Waals surface area (Å²) in [5.74, 6) is -0.284. The van der Waals surface area contributed by atoms with Gasteiger partial charge in [0.1, 0.15) is 40.8 Å². The summed E-state index contributed by atoms with van der Waals surface area (Å²) in [6, 6.07) is 6.37. The first-order valence-electron chi connectivity index (χ1n) is 12.7. The summed E-state index contributed by atoms with van der Waals surface area (Å²) in [4.78, 5) is 41.7. The molecule has 2 aliphatic rings. The average molecular weight is 616 g/mol. The van der Waals surface area contributed by atoms with Gasteiger partial charge in [-0.25, -0.2) is 15.0 Å². The second-order valence-corrected chi connectivity index (χ2v) is 11.6. The largest absolute Gasteiger partial charge is 0.416 e. The van der Waals surface area contributed by atoms with E-state index in [1.54, 1.807) is 34.6 Å². The van der Waals surface area contributed by atoms with E-state index in [9.17, 15) is 22.8 Å². The molecule has 0 radical (unpaired) electrons. The molecule has 0 bridgehead atoms. The van der Waals surface area contributed by atoms with Crippen molar-refractivity contribution in [3.05, 3.63) is 52.4 Å². The number of pyridine rings is 1. The highest BCUT2D eigenvalue weighted by Crippen LogP contribution is 2.54. The van der Waals surface area contributed by atoms with Crippen LogP contribution in [0.2, 0.25) is 0 Å². The van der Waals surface area contributed by atoms with Crippen molar-refractivity contribution in [2.45, 2.75) is 57.9 Å². The van der Waals surface area contributed by atoms with E-state index in [2.05, 4.69) is 43.1 Å². The number of aryl methyl sites for hydroxylation is 1. The number of carbonyl (C=O) groups is 2. The molecule has 2 amide bonds. The lowest BCUT2D eigenvalue weighted by Gasteiger charge is -2.44. The van der Waals surface area contributed by atoms with Crippen LogP contribution in [0, 0.1) is 12.3 Å². The maximum atomic E-state index is 14.0. The van der Waals surface area contributed by atoms with E-state index in [-0.39, 0.29) is 52.1 Å². The molecule has 1 aromatic carbocycles. The summed E-state index contributed by atoms with van der Waals surface area (Å²) >= 11 is 3.30. The molecule has 1 saturated heterocycles. The molecule has 0 spiro atoms. The molecule has 40 heavy (non-hydrogen) atoms. The standard InChI is InChI=1S/C27H25BrF3N7O2/c1-13-8-14(27(29,30)31)9-15-21-23(32)33-12-34-24(21)37(22(13)15)11-20(39)38-16(10-26(2)7-6-17(26)38)25(40)36-19-5-3-4-18(28)35-19/h3-5,8-9,12,16-17H,6-7,10-11H2,1-2H3,(H2,32,33,34)(H,35,36,40)/t16-,17+,26+/m0/s1. The SMILES string of the molecule is Cc1cc(C(F)(F)F)cc2c3c(N)ncnc3n(CC(=O)N3[C@H](C(=O)Nc4cccc(Br)n4)C[C@@]4(C)CC[C@@H]34)c12. The number of anilines is 2. The maximum Gasteiger partial charge on any atom is 0.416 e. The molecule has 1 saturated carbocycles. The Kier molecular flexibility index (Phi) is 6.06. The minimum atomic E-state index is -4.57. The van der Waals surface area contributed by atoms with Crippen molar-refractivity contribution in [1.82, 2.24) is 24.4 Å². The van der Waals surface area contributed by atoms with Crippen molar-refractivity contribution in [3.8, 4) is 0 Å². The van der Waals surface area contributed by atoms with Crippen LogP contribution in [0.1, 0.15) is 37.3 Å². The lowest BCUT2D eigenvalue weighted by Crippen LogP contribution is -2.52. The van der Waals surface area contributed by atoms with Crippen molar-refractivity contribution in [3.63, 3.8) is 0 Å². The Morgan fingerprint density at radius 1 is 1.25 bits per heavy atom. The predicted molar refractivity (Wildman–Crippen MR) is 146 cm³/mol. The number of halogens is 4. The Morgan fingerprint density at radius 3 is 2.70 bits per heavy atom. The van der Waals surface area contributed by atoms with Gasteiger partial charge in [0, 0.05) is 11.4 Å². The van der Waals surface area contributed by atoms with E-state index >= 15 is 0 Å². The zero-order chi connectivity index (χ0) is 28.6. The number of likely N-dealkylation sites (tertiary alicyclic amines) is 1.